The SMILES string of the molecule is C1=C[C@H]2C[C@H]1C[C@@H]2CN1CCNCC1. The maximum Gasteiger partial charge on any atom is 0.0107 e. The van der Waals surface area contributed by atoms with Gasteiger partial charge in [-0.05, 0) is 30.6 Å². The first-order valence-corrected chi connectivity index (χ1v) is 6.03. The van der Waals surface area contributed by atoms with Crippen molar-refractivity contribution >= 4 is 0 Å². The van der Waals surface area contributed by atoms with Crippen molar-refractivity contribution in [3.05, 3.63) is 12.2 Å². The number of nitrogens with zero attached hydrogens (tertiary/aromatic N) is 1. The van der Waals surface area contributed by atoms with Crippen LogP contribution in [0.4, 0.5) is 0 Å². The molecule has 1 saturated carbocycles. The molecule has 1 saturated heterocycles. The summed E-state index contributed by atoms with van der Waals surface area (Å²) >= 11 is 0. The summed E-state index contributed by atoms with van der Waals surface area (Å²) in [6.45, 7) is 6.26. The van der Waals surface area contributed by atoms with Crippen LogP contribution in [0, 0.1) is 17.8 Å². The Balaban J connectivity index is 1.54. The summed E-state index contributed by atoms with van der Waals surface area (Å²) < 4.78 is 0. The first kappa shape index (κ1) is 8.93. The largest absolute Gasteiger partial charge is 0.314 e. The third-order valence-electron chi connectivity index (χ3n) is 4.12. The molecule has 2 bridgehead atoms. The molecule has 3 rings (SSSR count). The fourth-order valence-corrected chi connectivity index (χ4v) is 3.33. The zero-order valence-electron chi connectivity index (χ0n) is 8.78. The third-order valence-corrected chi connectivity index (χ3v) is 4.12. The van der Waals surface area contributed by atoms with E-state index in [0.29, 0.717) is 0 Å². The van der Waals surface area contributed by atoms with E-state index in [-0.39, 0.29) is 0 Å². The molecule has 78 valence electrons. The van der Waals surface area contributed by atoms with Gasteiger partial charge in [-0.3, -0.25) is 0 Å². The van der Waals surface area contributed by atoms with E-state index in [4.69, 9.17) is 0 Å². The predicted molar refractivity (Wildman–Crippen MR) is 58.2 cm³/mol. The first-order valence-electron chi connectivity index (χ1n) is 6.03. The van der Waals surface area contributed by atoms with Gasteiger partial charge in [0.2, 0.25) is 0 Å². The summed E-state index contributed by atoms with van der Waals surface area (Å²) in [5, 5.41) is 3.42. The molecule has 2 nitrogen and oxygen atoms in total. The van der Waals surface area contributed by atoms with E-state index in [1.807, 2.05) is 0 Å². The lowest BCUT2D eigenvalue weighted by atomic mass is 9.93. The van der Waals surface area contributed by atoms with Gasteiger partial charge in [-0.1, -0.05) is 12.2 Å². The van der Waals surface area contributed by atoms with Gasteiger partial charge in [-0.15, -0.1) is 0 Å². The highest BCUT2D eigenvalue weighted by Crippen LogP contribution is 2.43. The van der Waals surface area contributed by atoms with Crippen molar-refractivity contribution in [3.8, 4) is 0 Å². The predicted octanol–water partition coefficient (Wildman–Crippen LogP) is 1.10. The minimum Gasteiger partial charge on any atom is -0.314 e. The lowest BCUT2D eigenvalue weighted by molar-refractivity contribution is 0.193. The molecule has 2 aliphatic carbocycles. The molecule has 1 heterocycles. The molecule has 3 aliphatic rings. The Labute approximate surface area is 86.4 Å². The zero-order valence-corrected chi connectivity index (χ0v) is 8.78. The van der Waals surface area contributed by atoms with Crippen LogP contribution in [-0.4, -0.2) is 37.6 Å². The van der Waals surface area contributed by atoms with E-state index >= 15 is 0 Å². The average Bonchev–Trinajstić information content (AvgIpc) is 2.81. The Morgan fingerprint density at radius 2 is 2.00 bits per heavy atom. The van der Waals surface area contributed by atoms with Crippen LogP contribution in [0.3, 0.4) is 0 Å². The Kier molecular flexibility index (Phi) is 2.34. The van der Waals surface area contributed by atoms with Crippen LogP contribution in [0.2, 0.25) is 0 Å². The zero-order chi connectivity index (χ0) is 9.38. The van der Waals surface area contributed by atoms with Gasteiger partial charge in [0.25, 0.3) is 0 Å². The number of piperazine rings is 1. The van der Waals surface area contributed by atoms with Gasteiger partial charge in [0, 0.05) is 32.7 Å². The molecule has 1 aliphatic heterocycles. The van der Waals surface area contributed by atoms with Gasteiger partial charge in [0.15, 0.2) is 0 Å². The Bertz CT molecular complexity index is 230. The first-order chi connectivity index (χ1) is 6.92. The second-order valence-corrected chi connectivity index (χ2v) is 5.09. The smallest absolute Gasteiger partial charge is 0.0107 e. The maximum absolute atomic E-state index is 3.42. The Morgan fingerprint density at radius 3 is 2.64 bits per heavy atom. The quantitative estimate of drug-likeness (QED) is 0.659. The van der Waals surface area contributed by atoms with Crippen LogP contribution >= 0.6 is 0 Å². The fourth-order valence-electron chi connectivity index (χ4n) is 3.33. The second-order valence-electron chi connectivity index (χ2n) is 5.09. The standard InChI is InChI=1S/C12H20N2/c1-2-11-7-10(1)8-12(11)9-14-5-3-13-4-6-14/h1-2,10-13H,3-9H2/t10-,11-,12+/m0/s1. The lowest BCUT2D eigenvalue weighted by Gasteiger charge is -2.31. The minimum absolute atomic E-state index is 0.926. The Hall–Kier alpha value is -0.340. The van der Waals surface area contributed by atoms with Gasteiger partial charge in [0.1, 0.15) is 0 Å². The lowest BCUT2D eigenvalue weighted by Crippen LogP contribution is -2.45. The van der Waals surface area contributed by atoms with E-state index in [1.165, 1.54) is 45.6 Å². The maximum atomic E-state index is 3.42. The minimum atomic E-state index is 0.926. The van der Waals surface area contributed by atoms with Crippen LogP contribution < -0.4 is 5.32 Å². The Morgan fingerprint density at radius 1 is 1.14 bits per heavy atom. The molecular weight excluding hydrogens is 172 g/mol. The highest BCUT2D eigenvalue weighted by Gasteiger charge is 2.36. The normalized spacial score (nSPS) is 42.1. The topological polar surface area (TPSA) is 15.3 Å². The third kappa shape index (κ3) is 1.61. The van der Waals surface area contributed by atoms with Crippen LogP contribution in [0.25, 0.3) is 0 Å². The molecule has 0 radical (unpaired) electrons. The summed E-state index contributed by atoms with van der Waals surface area (Å²) in [5.41, 5.74) is 0. The number of fused-ring (bicyclic) bond motifs is 2. The molecular formula is C12H20N2. The van der Waals surface area contributed by atoms with Gasteiger partial charge >= 0.3 is 0 Å². The van der Waals surface area contributed by atoms with E-state index in [0.717, 1.165) is 17.8 Å². The van der Waals surface area contributed by atoms with Gasteiger partial charge < -0.3 is 10.2 Å². The van der Waals surface area contributed by atoms with E-state index < -0.39 is 0 Å². The van der Waals surface area contributed by atoms with E-state index in [2.05, 4.69) is 22.4 Å². The van der Waals surface area contributed by atoms with E-state index in [1.54, 1.807) is 0 Å². The number of rotatable bonds is 2. The monoisotopic (exact) mass is 192 g/mol. The summed E-state index contributed by atoms with van der Waals surface area (Å²) in [5.74, 6) is 2.84. The van der Waals surface area contributed by atoms with Crippen molar-refractivity contribution in [2.45, 2.75) is 12.8 Å². The summed E-state index contributed by atoms with van der Waals surface area (Å²) in [6, 6.07) is 0. The van der Waals surface area contributed by atoms with Crippen molar-refractivity contribution in [2.75, 3.05) is 32.7 Å². The molecule has 2 heteroatoms. The van der Waals surface area contributed by atoms with E-state index in [9.17, 15) is 0 Å². The molecule has 0 spiro atoms. The molecule has 0 aromatic heterocycles. The molecule has 0 unspecified atom stereocenters. The van der Waals surface area contributed by atoms with Gasteiger partial charge in [-0.25, -0.2) is 0 Å². The van der Waals surface area contributed by atoms with Gasteiger partial charge in [0.05, 0.1) is 0 Å². The van der Waals surface area contributed by atoms with Crippen LogP contribution in [0.15, 0.2) is 12.2 Å². The average molecular weight is 192 g/mol. The van der Waals surface area contributed by atoms with Crippen molar-refractivity contribution in [2.24, 2.45) is 17.8 Å². The second kappa shape index (κ2) is 3.67. The molecule has 0 aromatic carbocycles. The molecule has 3 atom stereocenters. The van der Waals surface area contributed by atoms with Crippen molar-refractivity contribution in [3.63, 3.8) is 0 Å². The van der Waals surface area contributed by atoms with Crippen molar-refractivity contribution in [1.82, 2.24) is 10.2 Å². The number of nitrogens with one attached hydrogen (secondary N) is 1. The molecule has 1 N–H and O–H groups in total. The van der Waals surface area contributed by atoms with Crippen molar-refractivity contribution in [1.29, 1.82) is 0 Å². The molecule has 2 fully saturated rings. The van der Waals surface area contributed by atoms with Crippen LogP contribution in [0.1, 0.15) is 12.8 Å². The van der Waals surface area contributed by atoms with Crippen molar-refractivity contribution < 1.29 is 0 Å². The molecule has 14 heavy (non-hydrogen) atoms. The summed E-state index contributed by atoms with van der Waals surface area (Å²) in [6.07, 6.45) is 7.84. The van der Waals surface area contributed by atoms with Crippen LogP contribution in [-0.2, 0) is 0 Å². The van der Waals surface area contributed by atoms with Gasteiger partial charge in [-0.2, -0.15) is 0 Å². The summed E-state index contributed by atoms with van der Waals surface area (Å²) in [4.78, 5) is 2.65. The number of hydrogen-bond acceptors (Lipinski definition) is 2. The molecule has 0 amide bonds. The highest BCUT2D eigenvalue weighted by atomic mass is 15.2. The summed E-state index contributed by atoms with van der Waals surface area (Å²) in [7, 11) is 0. The number of allylic oxidation sites excluding steroid dienone is 2. The number of hydrogen-bond donors (Lipinski definition) is 1. The highest BCUT2D eigenvalue weighted by molar-refractivity contribution is 5.10. The molecule has 0 aromatic rings. The fraction of sp³-hybridized carbons (Fsp3) is 0.833. The van der Waals surface area contributed by atoms with Crippen LogP contribution in [0.5, 0.6) is 0 Å².